The summed E-state index contributed by atoms with van der Waals surface area (Å²) >= 11 is 0. The Hall–Kier alpha value is -2.41. The van der Waals surface area contributed by atoms with Crippen molar-refractivity contribution in [2.45, 2.75) is 52.3 Å². The third-order valence-corrected chi connectivity index (χ3v) is 4.91. The van der Waals surface area contributed by atoms with Crippen molar-refractivity contribution >= 4 is 5.91 Å². The van der Waals surface area contributed by atoms with Crippen LogP contribution in [0.3, 0.4) is 0 Å². The number of carbonyl (C=O) groups is 1. The van der Waals surface area contributed by atoms with Gasteiger partial charge in [-0.2, -0.15) is 0 Å². The largest absolute Gasteiger partial charge is 0.481 e. The zero-order valence-electron chi connectivity index (χ0n) is 15.7. The van der Waals surface area contributed by atoms with Crippen LogP contribution in [0.15, 0.2) is 24.4 Å². The molecule has 1 saturated heterocycles. The highest BCUT2D eigenvalue weighted by Crippen LogP contribution is 2.24. The number of likely N-dealkylation sites (tertiary alicyclic amines) is 1. The third kappa shape index (κ3) is 4.04. The van der Waals surface area contributed by atoms with E-state index in [1.54, 1.807) is 0 Å². The second-order valence-electron chi connectivity index (χ2n) is 6.98. The van der Waals surface area contributed by atoms with Crippen molar-refractivity contribution in [1.82, 2.24) is 19.9 Å². The van der Waals surface area contributed by atoms with Gasteiger partial charge in [-0.1, -0.05) is 17.3 Å². The van der Waals surface area contributed by atoms with E-state index in [0.717, 1.165) is 35.4 Å². The first-order valence-electron chi connectivity index (χ1n) is 9.11. The third-order valence-electron chi connectivity index (χ3n) is 4.91. The summed E-state index contributed by atoms with van der Waals surface area (Å²) in [5.41, 5.74) is 8.54. The topological polar surface area (TPSA) is 86.3 Å². The highest BCUT2D eigenvalue weighted by molar-refractivity contribution is 5.81. The smallest absolute Gasteiger partial charge is 0.263 e. The van der Waals surface area contributed by atoms with E-state index in [0.29, 0.717) is 19.6 Å². The zero-order valence-corrected chi connectivity index (χ0v) is 15.7. The van der Waals surface area contributed by atoms with Crippen molar-refractivity contribution in [1.29, 1.82) is 0 Å². The molecule has 1 aliphatic heterocycles. The standard InChI is InChI=1S/C19H27N5O2/c1-13-4-5-14(2)18(10-13)26-15(3)19(25)23-8-6-17(7-9-23)24-12-16(11-20)21-22-24/h4-5,10,12,15,17H,6-9,11,20H2,1-3H3. The normalized spacial score (nSPS) is 16.5. The van der Waals surface area contributed by atoms with Crippen LogP contribution in [0.2, 0.25) is 0 Å². The van der Waals surface area contributed by atoms with E-state index >= 15 is 0 Å². The summed E-state index contributed by atoms with van der Waals surface area (Å²) in [7, 11) is 0. The number of aryl methyl sites for hydroxylation is 2. The van der Waals surface area contributed by atoms with Gasteiger partial charge in [0.05, 0.1) is 17.9 Å². The van der Waals surface area contributed by atoms with E-state index in [1.165, 1.54) is 0 Å². The number of hydrogen-bond acceptors (Lipinski definition) is 5. The fourth-order valence-electron chi connectivity index (χ4n) is 3.27. The number of rotatable bonds is 5. The number of amides is 1. The Bertz CT molecular complexity index is 765. The molecule has 2 N–H and O–H groups in total. The van der Waals surface area contributed by atoms with E-state index in [1.807, 2.05) is 54.7 Å². The first-order valence-corrected chi connectivity index (χ1v) is 9.11. The molecule has 140 valence electrons. The Morgan fingerprint density at radius 3 is 2.73 bits per heavy atom. The molecule has 0 saturated carbocycles. The van der Waals surface area contributed by atoms with E-state index in [2.05, 4.69) is 10.3 Å². The average molecular weight is 357 g/mol. The molecule has 7 nitrogen and oxygen atoms in total. The molecule has 1 unspecified atom stereocenters. The van der Waals surface area contributed by atoms with E-state index in [9.17, 15) is 4.79 Å². The fraction of sp³-hybridized carbons (Fsp3) is 0.526. The number of aromatic nitrogens is 3. The first kappa shape index (κ1) is 18.4. The summed E-state index contributed by atoms with van der Waals surface area (Å²) in [6.45, 7) is 7.62. The van der Waals surface area contributed by atoms with Crippen LogP contribution < -0.4 is 10.5 Å². The number of nitrogens with zero attached hydrogens (tertiary/aromatic N) is 4. The molecule has 0 spiro atoms. The van der Waals surface area contributed by atoms with Crippen molar-refractivity contribution < 1.29 is 9.53 Å². The van der Waals surface area contributed by atoms with Crippen LogP contribution in [0.25, 0.3) is 0 Å². The van der Waals surface area contributed by atoms with Crippen LogP contribution in [-0.2, 0) is 11.3 Å². The van der Waals surface area contributed by atoms with Gasteiger partial charge in [0.1, 0.15) is 5.75 Å². The molecule has 1 atom stereocenters. The lowest BCUT2D eigenvalue weighted by atomic mass is 10.0. The Labute approximate surface area is 154 Å². The number of piperidine rings is 1. The molecule has 1 aromatic heterocycles. The number of ether oxygens (including phenoxy) is 1. The van der Waals surface area contributed by atoms with Gasteiger partial charge in [-0.15, -0.1) is 5.10 Å². The van der Waals surface area contributed by atoms with Crippen molar-refractivity contribution in [3.05, 3.63) is 41.2 Å². The summed E-state index contributed by atoms with van der Waals surface area (Å²) in [6.07, 6.45) is 3.11. The molecule has 0 aliphatic carbocycles. The molecule has 1 amide bonds. The summed E-state index contributed by atoms with van der Waals surface area (Å²) in [6, 6.07) is 6.30. The van der Waals surface area contributed by atoms with Crippen molar-refractivity contribution in [2.24, 2.45) is 5.73 Å². The summed E-state index contributed by atoms with van der Waals surface area (Å²) in [4.78, 5) is 14.6. The van der Waals surface area contributed by atoms with Gasteiger partial charge in [0.25, 0.3) is 5.91 Å². The summed E-state index contributed by atoms with van der Waals surface area (Å²) in [5, 5.41) is 8.19. The molecular weight excluding hydrogens is 330 g/mol. The van der Waals surface area contributed by atoms with Crippen molar-refractivity contribution in [3.63, 3.8) is 0 Å². The highest BCUT2D eigenvalue weighted by atomic mass is 16.5. The van der Waals surface area contributed by atoms with Crippen LogP contribution in [-0.4, -0.2) is 45.0 Å². The predicted molar refractivity (Wildman–Crippen MR) is 98.8 cm³/mol. The van der Waals surface area contributed by atoms with E-state index < -0.39 is 6.10 Å². The van der Waals surface area contributed by atoms with Gasteiger partial charge in [-0.3, -0.25) is 4.79 Å². The number of hydrogen-bond donors (Lipinski definition) is 1. The van der Waals surface area contributed by atoms with Crippen LogP contribution in [0.5, 0.6) is 5.75 Å². The van der Waals surface area contributed by atoms with E-state index in [4.69, 9.17) is 10.5 Å². The molecule has 7 heteroatoms. The van der Waals surface area contributed by atoms with Crippen LogP contribution in [0, 0.1) is 13.8 Å². The Morgan fingerprint density at radius 1 is 1.35 bits per heavy atom. The van der Waals surface area contributed by atoms with Crippen LogP contribution in [0.1, 0.15) is 42.6 Å². The highest BCUT2D eigenvalue weighted by Gasteiger charge is 2.28. The second-order valence-corrected chi connectivity index (χ2v) is 6.98. The number of benzene rings is 1. The lowest BCUT2D eigenvalue weighted by Crippen LogP contribution is -2.45. The molecular formula is C19H27N5O2. The van der Waals surface area contributed by atoms with Crippen LogP contribution in [0.4, 0.5) is 0 Å². The number of carbonyl (C=O) groups excluding carboxylic acids is 1. The van der Waals surface area contributed by atoms with Gasteiger partial charge in [0, 0.05) is 19.6 Å². The monoisotopic (exact) mass is 357 g/mol. The molecule has 3 rings (SSSR count). The molecule has 2 heterocycles. The maximum Gasteiger partial charge on any atom is 0.263 e. The molecule has 1 aliphatic rings. The van der Waals surface area contributed by atoms with E-state index in [-0.39, 0.29) is 11.9 Å². The molecule has 0 bridgehead atoms. The molecule has 1 aromatic carbocycles. The van der Waals surface area contributed by atoms with Gasteiger partial charge in [-0.25, -0.2) is 4.68 Å². The SMILES string of the molecule is Cc1ccc(C)c(OC(C)C(=O)N2CCC(n3cc(CN)nn3)CC2)c1. The first-order chi connectivity index (χ1) is 12.5. The van der Waals surface area contributed by atoms with Crippen molar-refractivity contribution in [2.75, 3.05) is 13.1 Å². The fourth-order valence-corrected chi connectivity index (χ4v) is 3.27. The molecule has 0 radical (unpaired) electrons. The lowest BCUT2D eigenvalue weighted by Gasteiger charge is -2.33. The van der Waals surface area contributed by atoms with Gasteiger partial charge < -0.3 is 15.4 Å². The Balaban J connectivity index is 1.56. The van der Waals surface area contributed by atoms with Crippen molar-refractivity contribution in [3.8, 4) is 5.75 Å². The maximum absolute atomic E-state index is 12.7. The van der Waals surface area contributed by atoms with Gasteiger partial charge in [0.2, 0.25) is 0 Å². The summed E-state index contributed by atoms with van der Waals surface area (Å²) in [5.74, 6) is 0.809. The average Bonchev–Trinajstić information content (AvgIpc) is 3.13. The summed E-state index contributed by atoms with van der Waals surface area (Å²) < 4.78 is 7.81. The minimum atomic E-state index is -0.498. The quantitative estimate of drug-likeness (QED) is 0.884. The molecule has 2 aromatic rings. The maximum atomic E-state index is 12.7. The van der Waals surface area contributed by atoms with Gasteiger partial charge in [-0.05, 0) is 50.8 Å². The Morgan fingerprint density at radius 2 is 2.08 bits per heavy atom. The predicted octanol–water partition coefficient (Wildman–Crippen LogP) is 1.98. The molecule has 26 heavy (non-hydrogen) atoms. The second kappa shape index (κ2) is 7.86. The van der Waals surface area contributed by atoms with Gasteiger partial charge in [0.15, 0.2) is 6.10 Å². The number of nitrogens with two attached hydrogens (primary N) is 1. The minimum absolute atomic E-state index is 0.0330. The molecule has 1 fully saturated rings. The van der Waals surface area contributed by atoms with Gasteiger partial charge >= 0.3 is 0 Å². The Kier molecular flexibility index (Phi) is 5.56. The zero-order chi connectivity index (χ0) is 18.7. The lowest BCUT2D eigenvalue weighted by molar-refractivity contribution is -0.139. The minimum Gasteiger partial charge on any atom is -0.481 e. The van der Waals surface area contributed by atoms with Crippen LogP contribution >= 0.6 is 0 Å².